The average Bonchev–Trinajstić information content (AvgIpc) is 2.63. The number of hydrogen-bond donors (Lipinski definition) is 1. The predicted octanol–water partition coefficient (Wildman–Crippen LogP) is 2.01. The number of nitrogens with one attached hydrogen (secondary N) is 1. The zero-order valence-corrected chi connectivity index (χ0v) is 16.2. The van der Waals surface area contributed by atoms with Gasteiger partial charge in [-0.15, -0.1) is 0 Å². The van der Waals surface area contributed by atoms with Gasteiger partial charge in [0, 0.05) is 13.1 Å². The first-order chi connectivity index (χ1) is 12.9. The van der Waals surface area contributed by atoms with E-state index in [0.29, 0.717) is 36.9 Å². The third kappa shape index (κ3) is 5.70. The fraction of sp³-hybridized carbons (Fsp3) is 0.550. The first-order valence-corrected chi connectivity index (χ1v) is 9.40. The van der Waals surface area contributed by atoms with Crippen molar-refractivity contribution in [3.63, 3.8) is 0 Å². The van der Waals surface area contributed by atoms with E-state index in [2.05, 4.69) is 19.2 Å². The quantitative estimate of drug-likeness (QED) is 0.702. The number of ether oxygens (including phenoxy) is 2. The van der Waals surface area contributed by atoms with Crippen LogP contribution < -0.4 is 10.1 Å². The van der Waals surface area contributed by atoms with Crippen LogP contribution in [0.5, 0.6) is 5.75 Å². The third-order valence-electron chi connectivity index (χ3n) is 4.33. The standard InChI is InChI=1S/C20H28N2O5/c1-4-26-18(23)13-16-19(24)21-10-11-22(16)20(25)15-7-5-6-8-17(15)27-12-9-14(2)3/h5-8,14,16H,4,9-13H2,1-3H3,(H,21,24)/t16-/m0/s1. The highest BCUT2D eigenvalue weighted by Crippen LogP contribution is 2.23. The van der Waals surface area contributed by atoms with Gasteiger partial charge in [-0.2, -0.15) is 0 Å². The Hall–Kier alpha value is -2.57. The molecule has 0 bridgehead atoms. The normalized spacial score (nSPS) is 16.8. The van der Waals surface area contributed by atoms with Gasteiger partial charge in [-0.1, -0.05) is 26.0 Å². The molecule has 1 fully saturated rings. The molecule has 148 valence electrons. The van der Waals surface area contributed by atoms with Crippen molar-refractivity contribution in [3.8, 4) is 5.75 Å². The van der Waals surface area contributed by atoms with Crippen molar-refractivity contribution in [2.24, 2.45) is 5.92 Å². The van der Waals surface area contributed by atoms with Crippen molar-refractivity contribution in [3.05, 3.63) is 29.8 Å². The molecule has 1 heterocycles. The van der Waals surface area contributed by atoms with Crippen LogP contribution in [0.4, 0.5) is 0 Å². The van der Waals surface area contributed by atoms with Crippen molar-refractivity contribution in [2.45, 2.75) is 39.7 Å². The van der Waals surface area contributed by atoms with Crippen LogP contribution in [0, 0.1) is 5.92 Å². The number of piperazine rings is 1. The molecule has 7 nitrogen and oxygen atoms in total. The maximum absolute atomic E-state index is 13.1. The molecule has 0 radical (unpaired) electrons. The van der Waals surface area contributed by atoms with E-state index in [1.807, 2.05) is 0 Å². The van der Waals surface area contributed by atoms with Gasteiger partial charge >= 0.3 is 5.97 Å². The molecule has 1 aliphatic heterocycles. The van der Waals surface area contributed by atoms with E-state index in [1.165, 1.54) is 4.90 Å². The lowest BCUT2D eigenvalue weighted by molar-refractivity contribution is -0.147. The van der Waals surface area contributed by atoms with Crippen LogP contribution in [-0.4, -0.2) is 55.0 Å². The lowest BCUT2D eigenvalue weighted by Crippen LogP contribution is -2.57. The Morgan fingerprint density at radius 2 is 2.04 bits per heavy atom. The SMILES string of the molecule is CCOC(=O)C[C@H]1C(=O)NCCN1C(=O)c1ccccc1OCCC(C)C. The van der Waals surface area contributed by atoms with E-state index in [4.69, 9.17) is 9.47 Å². The van der Waals surface area contributed by atoms with Crippen LogP contribution >= 0.6 is 0 Å². The molecular weight excluding hydrogens is 348 g/mol. The van der Waals surface area contributed by atoms with E-state index in [1.54, 1.807) is 31.2 Å². The summed E-state index contributed by atoms with van der Waals surface area (Å²) in [5.41, 5.74) is 0.393. The molecule has 1 aromatic rings. The Balaban J connectivity index is 2.18. The van der Waals surface area contributed by atoms with Gasteiger partial charge in [0.1, 0.15) is 11.8 Å². The monoisotopic (exact) mass is 376 g/mol. The van der Waals surface area contributed by atoms with Gasteiger partial charge in [0.25, 0.3) is 5.91 Å². The molecule has 2 rings (SSSR count). The molecular formula is C20H28N2O5. The molecule has 0 saturated carbocycles. The summed E-state index contributed by atoms with van der Waals surface area (Å²) in [5.74, 6) is -0.185. The molecule has 1 N–H and O–H groups in total. The van der Waals surface area contributed by atoms with Crippen LogP contribution in [0.1, 0.15) is 44.0 Å². The topological polar surface area (TPSA) is 84.9 Å². The summed E-state index contributed by atoms with van der Waals surface area (Å²) in [6.45, 7) is 7.32. The van der Waals surface area contributed by atoms with Crippen molar-refractivity contribution < 1.29 is 23.9 Å². The number of carbonyl (C=O) groups is 3. The summed E-state index contributed by atoms with van der Waals surface area (Å²) in [6, 6.07) is 6.11. The number of benzene rings is 1. The molecule has 2 amide bonds. The second-order valence-electron chi connectivity index (χ2n) is 6.84. The first kappa shape index (κ1) is 20.7. The van der Waals surface area contributed by atoms with Crippen LogP contribution in [0.15, 0.2) is 24.3 Å². The minimum absolute atomic E-state index is 0.165. The van der Waals surface area contributed by atoms with E-state index in [9.17, 15) is 14.4 Å². The second kappa shape index (κ2) is 9.94. The smallest absolute Gasteiger partial charge is 0.308 e. The van der Waals surface area contributed by atoms with Crippen molar-refractivity contribution in [1.29, 1.82) is 0 Å². The number of carbonyl (C=O) groups excluding carboxylic acids is 3. The van der Waals surface area contributed by atoms with Crippen molar-refractivity contribution in [2.75, 3.05) is 26.3 Å². The fourth-order valence-corrected chi connectivity index (χ4v) is 2.87. The number of para-hydroxylation sites is 1. The number of hydrogen-bond acceptors (Lipinski definition) is 5. The van der Waals surface area contributed by atoms with E-state index in [0.717, 1.165) is 6.42 Å². The summed E-state index contributed by atoms with van der Waals surface area (Å²) in [6.07, 6.45) is 0.710. The summed E-state index contributed by atoms with van der Waals surface area (Å²) in [4.78, 5) is 38.7. The lowest BCUT2D eigenvalue weighted by Gasteiger charge is -2.34. The molecule has 1 aromatic carbocycles. The molecule has 0 aliphatic carbocycles. The Morgan fingerprint density at radius 1 is 1.30 bits per heavy atom. The number of esters is 1. The maximum atomic E-state index is 13.1. The second-order valence-corrected chi connectivity index (χ2v) is 6.84. The minimum atomic E-state index is -0.881. The predicted molar refractivity (Wildman–Crippen MR) is 100 cm³/mol. The van der Waals surface area contributed by atoms with Gasteiger partial charge < -0.3 is 19.7 Å². The summed E-state index contributed by atoms with van der Waals surface area (Å²) < 4.78 is 10.7. The molecule has 0 aromatic heterocycles. The van der Waals surface area contributed by atoms with E-state index < -0.39 is 12.0 Å². The summed E-state index contributed by atoms with van der Waals surface area (Å²) >= 11 is 0. The van der Waals surface area contributed by atoms with Crippen LogP contribution in [0.25, 0.3) is 0 Å². The summed E-state index contributed by atoms with van der Waals surface area (Å²) in [7, 11) is 0. The molecule has 7 heteroatoms. The van der Waals surface area contributed by atoms with Crippen molar-refractivity contribution >= 4 is 17.8 Å². The lowest BCUT2D eigenvalue weighted by atomic mass is 10.1. The van der Waals surface area contributed by atoms with Gasteiger partial charge in [0.15, 0.2) is 0 Å². The molecule has 1 atom stereocenters. The van der Waals surface area contributed by atoms with Gasteiger partial charge in [-0.05, 0) is 31.4 Å². The zero-order valence-electron chi connectivity index (χ0n) is 16.2. The third-order valence-corrected chi connectivity index (χ3v) is 4.33. The Bertz CT molecular complexity index is 674. The largest absolute Gasteiger partial charge is 0.493 e. The zero-order chi connectivity index (χ0) is 19.8. The minimum Gasteiger partial charge on any atom is -0.493 e. The highest BCUT2D eigenvalue weighted by molar-refractivity contribution is 6.01. The summed E-state index contributed by atoms with van der Waals surface area (Å²) in [5, 5.41) is 2.71. The van der Waals surface area contributed by atoms with E-state index >= 15 is 0 Å². The average molecular weight is 376 g/mol. The van der Waals surface area contributed by atoms with Gasteiger partial charge in [0.2, 0.25) is 5.91 Å². The Kier molecular flexibility index (Phi) is 7.64. The highest BCUT2D eigenvalue weighted by Gasteiger charge is 2.36. The molecule has 27 heavy (non-hydrogen) atoms. The van der Waals surface area contributed by atoms with Gasteiger partial charge in [-0.3, -0.25) is 14.4 Å². The number of rotatable bonds is 8. The van der Waals surface area contributed by atoms with Crippen LogP contribution in [0.3, 0.4) is 0 Å². The number of nitrogens with zero attached hydrogens (tertiary/aromatic N) is 1. The molecule has 1 aliphatic rings. The van der Waals surface area contributed by atoms with Gasteiger partial charge in [-0.25, -0.2) is 0 Å². The molecule has 0 spiro atoms. The molecule has 1 saturated heterocycles. The van der Waals surface area contributed by atoms with Gasteiger partial charge in [0.05, 0.1) is 25.2 Å². The Morgan fingerprint density at radius 3 is 2.74 bits per heavy atom. The number of amides is 2. The molecule has 0 unspecified atom stereocenters. The van der Waals surface area contributed by atoms with Crippen LogP contribution in [0.2, 0.25) is 0 Å². The maximum Gasteiger partial charge on any atom is 0.308 e. The van der Waals surface area contributed by atoms with Crippen LogP contribution in [-0.2, 0) is 14.3 Å². The van der Waals surface area contributed by atoms with Crippen molar-refractivity contribution in [1.82, 2.24) is 10.2 Å². The Labute approximate surface area is 160 Å². The van der Waals surface area contributed by atoms with E-state index in [-0.39, 0.29) is 24.8 Å². The fourth-order valence-electron chi connectivity index (χ4n) is 2.87. The first-order valence-electron chi connectivity index (χ1n) is 9.40. The highest BCUT2D eigenvalue weighted by atomic mass is 16.5.